The van der Waals surface area contributed by atoms with Crippen molar-refractivity contribution in [2.24, 2.45) is 0 Å². The lowest BCUT2D eigenvalue weighted by Crippen LogP contribution is -1.81. The van der Waals surface area contributed by atoms with Crippen LogP contribution in [0.2, 0.25) is 0 Å². The minimum atomic E-state index is 0.697. The van der Waals surface area contributed by atoms with Gasteiger partial charge >= 0.3 is 0 Å². The molecule has 0 spiro atoms. The standard InChI is InChI=1S/C14H11NO/c1-10-15-14(9-16-10)13-8-4-6-11-5-2-3-7-12(11)13/h2-9H,1H3. The summed E-state index contributed by atoms with van der Waals surface area (Å²) in [6.45, 7) is 1.86. The van der Waals surface area contributed by atoms with E-state index in [4.69, 9.17) is 4.42 Å². The lowest BCUT2D eigenvalue weighted by atomic mass is 10.0. The van der Waals surface area contributed by atoms with Crippen molar-refractivity contribution in [2.45, 2.75) is 6.92 Å². The predicted molar refractivity (Wildman–Crippen MR) is 64.2 cm³/mol. The lowest BCUT2D eigenvalue weighted by Gasteiger charge is -2.02. The topological polar surface area (TPSA) is 26.0 Å². The van der Waals surface area contributed by atoms with Gasteiger partial charge in [-0.25, -0.2) is 4.98 Å². The first-order valence-corrected chi connectivity index (χ1v) is 5.25. The van der Waals surface area contributed by atoms with Crippen LogP contribution < -0.4 is 0 Å². The van der Waals surface area contributed by atoms with E-state index in [1.165, 1.54) is 10.8 Å². The average molecular weight is 209 g/mol. The fourth-order valence-corrected chi connectivity index (χ4v) is 1.94. The molecule has 3 rings (SSSR count). The molecule has 0 N–H and O–H groups in total. The van der Waals surface area contributed by atoms with Crippen LogP contribution in [0.4, 0.5) is 0 Å². The Morgan fingerprint density at radius 2 is 1.81 bits per heavy atom. The molecule has 2 heteroatoms. The second-order valence-corrected chi connectivity index (χ2v) is 3.78. The molecule has 1 heterocycles. The Balaban J connectivity index is 2.31. The number of aryl methyl sites for hydroxylation is 1. The van der Waals surface area contributed by atoms with Crippen LogP contribution in [-0.4, -0.2) is 4.98 Å². The maximum Gasteiger partial charge on any atom is 0.191 e. The van der Waals surface area contributed by atoms with Crippen molar-refractivity contribution in [1.29, 1.82) is 0 Å². The predicted octanol–water partition coefficient (Wildman–Crippen LogP) is 3.80. The summed E-state index contributed by atoms with van der Waals surface area (Å²) in [6, 6.07) is 14.5. The Morgan fingerprint density at radius 3 is 2.62 bits per heavy atom. The fraction of sp³-hybridized carbons (Fsp3) is 0.0714. The highest BCUT2D eigenvalue weighted by molar-refractivity contribution is 5.95. The van der Waals surface area contributed by atoms with Gasteiger partial charge in [0.25, 0.3) is 0 Å². The van der Waals surface area contributed by atoms with Crippen LogP contribution in [0.25, 0.3) is 22.0 Å². The second-order valence-electron chi connectivity index (χ2n) is 3.78. The monoisotopic (exact) mass is 209 g/mol. The van der Waals surface area contributed by atoms with Gasteiger partial charge in [-0.05, 0) is 10.8 Å². The summed E-state index contributed by atoms with van der Waals surface area (Å²) in [4.78, 5) is 4.36. The number of hydrogen-bond donors (Lipinski definition) is 0. The number of oxazole rings is 1. The molecule has 0 amide bonds. The van der Waals surface area contributed by atoms with Crippen molar-refractivity contribution < 1.29 is 4.42 Å². The average Bonchev–Trinajstić information content (AvgIpc) is 2.75. The molecule has 2 nitrogen and oxygen atoms in total. The molecule has 1 aromatic heterocycles. The van der Waals surface area contributed by atoms with Gasteiger partial charge in [0, 0.05) is 12.5 Å². The summed E-state index contributed by atoms with van der Waals surface area (Å²) in [5.41, 5.74) is 2.02. The van der Waals surface area contributed by atoms with Gasteiger partial charge in [-0.1, -0.05) is 42.5 Å². The Morgan fingerprint density at radius 1 is 1.00 bits per heavy atom. The summed E-state index contributed by atoms with van der Waals surface area (Å²) in [7, 11) is 0. The number of aromatic nitrogens is 1. The summed E-state index contributed by atoms with van der Waals surface area (Å²) in [5.74, 6) is 0.697. The Hall–Kier alpha value is -2.09. The number of benzene rings is 2. The zero-order valence-corrected chi connectivity index (χ0v) is 8.97. The molecule has 0 radical (unpaired) electrons. The van der Waals surface area contributed by atoms with Gasteiger partial charge < -0.3 is 4.42 Å². The number of rotatable bonds is 1. The number of fused-ring (bicyclic) bond motifs is 1. The highest BCUT2D eigenvalue weighted by Gasteiger charge is 2.06. The van der Waals surface area contributed by atoms with Crippen LogP contribution in [0.1, 0.15) is 5.89 Å². The van der Waals surface area contributed by atoms with Crippen molar-refractivity contribution >= 4 is 10.8 Å². The molecule has 0 saturated heterocycles. The van der Waals surface area contributed by atoms with E-state index >= 15 is 0 Å². The third kappa shape index (κ3) is 1.39. The molecular formula is C14H11NO. The Labute approximate surface area is 93.5 Å². The highest BCUT2D eigenvalue weighted by atomic mass is 16.3. The van der Waals surface area contributed by atoms with Gasteiger partial charge in [-0.3, -0.25) is 0 Å². The van der Waals surface area contributed by atoms with Gasteiger partial charge in [-0.15, -0.1) is 0 Å². The molecule has 0 unspecified atom stereocenters. The van der Waals surface area contributed by atoms with E-state index in [0.717, 1.165) is 11.3 Å². The molecule has 0 fully saturated rings. The van der Waals surface area contributed by atoms with E-state index in [-0.39, 0.29) is 0 Å². The van der Waals surface area contributed by atoms with E-state index < -0.39 is 0 Å². The van der Waals surface area contributed by atoms with Gasteiger partial charge in [0.1, 0.15) is 12.0 Å². The van der Waals surface area contributed by atoms with Crippen LogP contribution in [0.5, 0.6) is 0 Å². The largest absolute Gasteiger partial charge is 0.449 e. The molecule has 0 bridgehead atoms. The van der Waals surface area contributed by atoms with Crippen LogP contribution in [-0.2, 0) is 0 Å². The summed E-state index contributed by atoms with van der Waals surface area (Å²) in [5, 5.41) is 2.43. The van der Waals surface area contributed by atoms with Crippen LogP contribution in [0.3, 0.4) is 0 Å². The van der Waals surface area contributed by atoms with E-state index in [0.29, 0.717) is 5.89 Å². The maximum atomic E-state index is 5.26. The molecule has 0 atom stereocenters. The van der Waals surface area contributed by atoms with E-state index in [1.54, 1.807) is 6.26 Å². The fourth-order valence-electron chi connectivity index (χ4n) is 1.94. The molecule has 16 heavy (non-hydrogen) atoms. The molecule has 78 valence electrons. The van der Waals surface area contributed by atoms with Crippen molar-refractivity contribution in [3.63, 3.8) is 0 Å². The van der Waals surface area contributed by atoms with Crippen LogP contribution in [0.15, 0.2) is 53.1 Å². The molecule has 2 aromatic carbocycles. The molecular weight excluding hydrogens is 198 g/mol. The summed E-state index contributed by atoms with van der Waals surface area (Å²) in [6.07, 6.45) is 1.71. The zero-order valence-electron chi connectivity index (χ0n) is 8.97. The number of hydrogen-bond acceptors (Lipinski definition) is 2. The molecule has 0 aliphatic carbocycles. The minimum Gasteiger partial charge on any atom is -0.449 e. The zero-order chi connectivity index (χ0) is 11.0. The van der Waals surface area contributed by atoms with Crippen LogP contribution >= 0.6 is 0 Å². The van der Waals surface area contributed by atoms with Crippen LogP contribution in [0, 0.1) is 6.92 Å². The van der Waals surface area contributed by atoms with Gasteiger partial charge in [0.15, 0.2) is 5.89 Å². The van der Waals surface area contributed by atoms with E-state index in [1.807, 2.05) is 25.1 Å². The molecule has 0 aliphatic heterocycles. The minimum absolute atomic E-state index is 0.697. The maximum absolute atomic E-state index is 5.26. The lowest BCUT2D eigenvalue weighted by molar-refractivity contribution is 0.521. The first kappa shape index (κ1) is 9.16. The smallest absolute Gasteiger partial charge is 0.191 e. The van der Waals surface area contributed by atoms with Gasteiger partial charge in [-0.2, -0.15) is 0 Å². The normalized spacial score (nSPS) is 10.8. The number of nitrogens with zero attached hydrogens (tertiary/aromatic N) is 1. The Bertz CT molecular complexity index is 635. The van der Waals surface area contributed by atoms with Gasteiger partial charge in [0.05, 0.1) is 0 Å². The van der Waals surface area contributed by atoms with Crippen molar-refractivity contribution in [3.05, 3.63) is 54.6 Å². The van der Waals surface area contributed by atoms with Crippen molar-refractivity contribution in [3.8, 4) is 11.3 Å². The highest BCUT2D eigenvalue weighted by Crippen LogP contribution is 2.27. The van der Waals surface area contributed by atoms with E-state index in [2.05, 4.69) is 29.2 Å². The van der Waals surface area contributed by atoms with Crippen molar-refractivity contribution in [2.75, 3.05) is 0 Å². The van der Waals surface area contributed by atoms with E-state index in [9.17, 15) is 0 Å². The SMILES string of the molecule is Cc1nc(-c2cccc3ccccc23)co1. The molecule has 0 saturated carbocycles. The van der Waals surface area contributed by atoms with Gasteiger partial charge in [0.2, 0.25) is 0 Å². The second kappa shape index (κ2) is 3.49. The molecule has 3 aromatic rings. The summed E-state index contributed by atoms with van der Waals surface area (Å²) < 4.78 is 5.26. The first-order valence-electron chi connectivity index (χ1n) is 5.25. The van der Waals surface area contributed by atoms with Crippen molar-refractivity contribution in [1.82, 2.24) is 4.98 Å². The quantitative estimate of drug-likeness (QED) is 0.609. The third-order valence-corrected chi connectivity index (χ3v) is 2.68. The third-order valence-electron chi connectivity index (χ3n) is 2.68. The summed E-state index contributed by atoms with van der Waals surface area (Å²) >= 11 is 0. The Kier molecular flexibility index (Phi) is 2.00. The molecule has 0 aliphatic rings. The first-order chi connectivity index (χ1) is 7.84.